The Labute approximate surface area is 127 Å². The summed E-state index contributed by atoms with van der Waals surface area (Å²) < 4.78 is 0.767. The number of halogens is 1. The van der Waals surface area contributed by atoms with Gasteiger partial charge in [0.15, 0.2) is 0 Å². The van der Waals surface area contributed by atoms with Crippen LogP contribution in [0.4, 0.5) is 5.69 Å². The number of piperidine rings is 1. The maximum Gasteiger partial charge on any atom is 0.270 e. The zero-order chi connectivity index (χ0) is 14.5. The van der Waals surface area contributed by atoms with Crippen molar-refractivity contribution in [2.45, 2.75) is 31.8 Å². The molecule has 0 bridgehead atoms. The van der Waals surface area contributed by atoms with E-state index in [9.17, 15) is 10.1 Å². The fourth-order valence-corrected chi connectivity index (χ4v) is 3.33. The topological polar surface area (TPSA) is 58.4 Å². The summed E-state index contributed by atoms with van der Waals surface area (Å²) in [6.07, 6.45) is 3.66. The van der Waals surface area contributed by atoms with Gasteiger partial charge in [0.2, 0.25) is 0 Å². The molecule has 1 heterocycles. The van der Waals surface area contributed by atoms with Gasteiger partial charge in [-0.2, -0.15) is 0 Å². The number of hydrogen-bond donors (Lipinski definition) is 1. The lowest BCUT2D eigenvalue weighted by atomic mass is 10.0. The van der Waals surface area contributed by atoms with Gasteiger partial charge in [-0.25, -0.2) is 0 Å². The van der Waals surface area contributed by atoms with E-state index in [4.69, 9.17) is 0 Å². The van der Waals surface area contributed by atoms with Crippen LogP contribution in [-0.4, -0.2) is 36.0 Å². The molecular formula is C14H20BrN3O2. The molecule has 0 radical (unpaired) electrons. The maximum absolute atomic E-state index is 10.9. The van der Waals surface area contributed by atoms with Crippen molar-refractivity contribution in [3.05, 3.63) is 38.3 Å². The Kier molecular flexibility index (Phi) is 5.51. The lowest BCUT2D eigenvalue weighted by Crippen LogP contribution is -2.44. The van der Waals surface area contributed by atoms with Gasteiger partial charge in [0.25, 0.3) is 5.69 Å². The third kappa shape index (κ3) is 4.01. The van der Waals surface area contributed by atoms with Gasteiger partial charge in [0.1, 0.15) is 0 Å². The number of likely N-dealkylation sites (N-methyl/N-ethyl adjacent to an activating group) is 1. The van der Waals surface area contributed by atoms with Crippen molar-refractivity contribution in [1.82, 2.24) is 10.2 Å². The average molecular weight is 342 g/mol. The average Bonchev–Trinajstić information content (AvgIpc) is 2.40. The molecule has 1 aliphatic rings. The minimum Gasteiger partial charge on any atom is -0.318 e. The van der Waals surface area contributed by atoms with Crippen LogP contribution in [0.25, 0.3) is 0 Å². The van der Waals surface area contributed by atoms with Gasteiger partial charge >= 0.3 is 0 Å². The summed E-state index contributed by atoms with van der Waals surface area (Å²) >= 11 is 3.36. The fraction of sp³-hybridized carbons (Fsp3) is 0.571. The zero-order valence-electron chi connectivity index (χ0n) is 11.6. The van der Waals surface area contributed by atoms with Gasteiger partial charge in [0.05, 0.1) is 4.92 Å². The SMILES string of the molecule is CNCC1CCCCN1Cc1cc(Br)cc([N+](=O)[O-])c1. The van der Waals surface area contributed by atoms with Crippen LogP contribution in [0.1, 0.15) is 24.8 Å². The Bertz CT molecular complexity index is 479. The molecule has 0 aromatic heterocycles. The minimum absolute atomic E-state index is 0.150. The highest BCUT2D eigenvalue weighted by Crippen LogP contribution is 2.25. The van der Waals surface area contributed by atoms with Gasteiger partial charge < -0.3 is 5.32 Å². The molecule has 1 N–H and O–H groups in total. The van der Waals surface area contributed by atoms with Crippen molar-refractivity contribution in [2.75, 3.05) is 20.1 Å². The first-order valence-corrected chi connectivity index (χ1v) is 7.72. The number of nitrogens with one attached hydrogen (secondary N) is 1. The van der Waals surface area contributed by atoms with Crippen LogP contribution < -0.4 is 5.32 Å². The van der Waals surface area contributed by atoms with E-state index in [1.807, 2.05) is 13.1 Å². The molecule has 1 aliphatic heterocycles. The van der Waals surface area contributed by atoms with E-state index in [0.29, 0.717) is 6.04 Å². The second kappa shape index (κ2) is 7.15. The number of benzene rings is 1. The second-order valence-electron chi connectivity index (χ2n) is 5.25. The van der Waals surface area contributed by atoms with E-state index in [0.717, 1.165) is 29.7 Å². The van der Waals surface area contributed by atoms with Crippen molar-refractivity contribution < 1.29 is 4.92 Å². The van der Waals surface area contributed by atoms with Crippen molar-refractivity contribution in [3.63, 3.8) is 0 Å². The van der Waals surface area contributed by atoms with Crippen molar-refractivity contribution in [2.24, 2.45) is 0 Å². The van der Waals surface area contributed by atoms with Gasteiger partial charge in [0, 0.05) is 35.7 Å². The van der Waals surface area contributed by atoms with Crippen LogP contribution in [0.3, 0.4) is 0 Å². The van der Waals surface area contributed by atoms with E-state index in [2.05, 4.69) is 26.1 Å². The van der Waals surface area contributed by atoms with Crippen LogP contribution in [0, 0.1) is 10.1 Å². The molecule has 1 atom stereocenters. The molecule has 1 unspecified atom stereocenters. The van der Waals surface area contributed by atoms with E-state index in [1.165, 1.54) is 19.3 Å². The molecule has 20 heavy (non-hydrogen) atoms. The predicted octanol–water partition coefficient (Wildman–Crippen LogP) is 2.93. The van der Waals surface area contributed by atoms with Crippen LogP contribution in [0.5, 0.6) is 0 Å². The Balaban J connectivity index is 2.13. The summed E-state index contributed by atoms with van der Waals surface area (Å²) in [5, 5.41) is 14.2. The molecule has 0 spiro atoms. The zero-order valence-corrected chi connectivity index (χ0v) is 13.2. The maximum atomic E-state index is 10.9. The third-order valence-corrected chi connectivity index (χ3v) is 4.19. The molecule has 110 valence electrons. The van der Waals surface area contributed by atoms with Gasteiger partial charge in [-0.05, 0) is 38.1 Å². The molecular weight excluding hydrogens is 322 g/mol. The molecule has 1 fully saturated rings. The lowest BCUT2D eigenvalue weighted by Gasteiger charge is -2.35. The minimum atomic E-state index is -0.338. The molecule has 5 nitrogen and oxygen atoms in total. The van der Waals surface area contributed by atoms with Crippen LogP contribution in [0.2, 0.25) is 0 Å². The number of hydrogen-bond acceptors (Lipinski definition) is 4. The summed E-state index contributed by atoms with van der Waals surface area (Å²) in [6.45, 7) is 2.80. The number of likely N-dealkylation sites (tertiary alicyclic amines) is 1. The Morgan fingerprint density at radius 3 is 2.95 bits per heavy atom. The monoisotopic (exact) mass is 341 g/mol. The van der Waals surface area contributed by atoms with Crippen molar-refractivity contribution >= 4 is 21.6 Å². The summed E-state index contributed by atoms with van der Waals surface area (Å²) in [5.74, 6) is 0. The summed E-state index contributed by atoms with van der Waals surface area (Å²) in [4.78, 5) is 13.0. The Hall–Kier alpha value is -0.980. The van der Waals surface area contributed by atoms with Crippen LogP contribution in [-0.2, 0) is 6.54 Å². The number of rotatable bonds is 5. The van der Waals surface area contributed by atoms with Gasteiger partial charge in [-0.1, -0.05) is 22.4 Å². The van der Waals surface area contributed by atoms with Crippen molar-refractivity contribution in [1.29, 1.82) is 0 Å². The smallest absolute Gasteiger partial charge is 0.270 e. The normalized spacial score (nSPS) is 20.0. The van der Waals surface area contributed by atoms with E-state index in [-0.39, 0.29) is 10.6 Å². The van der Waals surface area contributed by atoms with Gasteiger partial charge in [-0.3, -0.25) is 15.0 Å². The molecule has 1 aromatic rings. The first kappa shape index (κ1) is 15.4. The summed E-state index contributed by atoms with van der Waals surface area (Å²) in [5.41, 5.74) is 1.14. The molecule has 1 saturated heterocycles. The lowest BCUT2D eigenvalue weighted by molar-refractivity contribution is -0.385. The van der Waals surface area contributed by atoms with Crippen molar-refractivity contribution in [3.8, 4) is 0 Å². The van der Waals surface area contributed by atoms with E-state index in [1.54, 1.807) is 12.1 Å². The molecule has 1 aromatic carbocycles. The fourth-order valence-electron chi connectivity index (χ4n) is 2.80. The number of nitro benzene ring substituents is 1. The molecule has 0 amide bonds. The first-order chi connectivity index (χ1) is 9.60. The highest BCUT2D eigenvalue weighted by Gasteiger charge is 2.22. The molecule has 0 saturated carbocycles. The molecule has 0 aliphatic carbocycles. The second-order valence-corrected chi connectivity index (χ2v) is 6.17. The predicted molar refractivity (Wildman–Crippen MR) is 82.8 cm³/mol. The molecule has 2 rings (SSSR count). The Morgan fingerprint density at radius 1 is 1.45 bits per heavy atom. The van der Waals surface area contributed by atoms with Crippen LogP contribution >= 0.6 is 15.9 Å². The number of non-ortho nitro benzene ring substituents is 1. The standard InChI is InChI=1S/C14H20BrN3O2/c1-16-9-13-4-2-3-5-17(13)10-11-6-12(15)8-14(7-11)18(19)20/h6-8,13,16H,2-5,9-10H2,1H3. The molecule has 6 heteroatoms. The quantitative estimate of drug-likeness (QED) is 0.660. The number of nitro groups is 1. The number of nitrogens with zero attached hydrogens (tertiary/aromatic N) is 2. The van der Waals surface area contributed by atoms with Crippen LogP contribution in [0.15, 0.2) is 22.7 Å². The van der Waals surface area contributed by atoms with E-state index >= 15 is 0 Å². The van der Waals surface area contributed by atoms with Gasteiger partial charge in [-0.15, -0.1) is 0 Å². The largest absolute Gasteiger partial charge is 0.318 e. The Morgan fingerprint density at radius 2 is 2.25 bits per heavy atom. The summed E-state index contributed by atoms with van der Waals surface area (Å²) in [7, 11) is 1.97. The third-order valence-electron chi connectivity index (χ3n) is 3.73. The summed E-state index contributed by atoms with van der Waals surface area (Å²) in [6, 6.07) is 5.71. The highest BCUT2D eigenvalue weighted by atomic mass is 79.9. The highest BCUT2D eigenvalue weighted by molar-refractivity contribution is 9.10. The first-order valence-electron chi connectivity index (χ1n) is 6.92. The van der Waals surface area contributed by atoms with E-state index < -0.39 is 0 Å².